The molecule has 7 rings (SSSR count). The maximum Gasteiger partial charge on any atom is 0.411 e. The maximum absolute atomic E-state index is 14.6. The third-order valence-corrected chi connectivity index (χ3v) is 15.7. The van der Waals surface area contributed by atoms with Crippen LogP contribution in [0.2, 0.25) is 0 Å². The van der Waals surface area contributed by atoms with Crippen LogP contribution in [0.25, 0.3) is 0 Å². The Morgan fingerprint density at radius 2 is 1.05 bits per heavy atom. The lowest BCUT2D eigenvalue weighted by Crippen LogP contribution is -2.53. The van der Waals surface area contributed by atoms with Crippen molar-refractivity contribution < 1.29 is 85.8 Å². The van der Waals surface area contributed by atoms with Crippen molar-refractivity contribution in [3.05, 3.63) is 90.5 Å². The first-order valence-electron chi connectivity index (χ1n) is 29.4. The van der Waals surface area contributed by atoms with Gasteiger partial charge in [0, 0.05) is 44.8 Å². The van der Waals surface area contributed by atoms with Crippen LogP contribution < -0.4 is 45.5 Å². The highest BCUT2D eigenvalue weighted by Gasteiger charge is 2.55. The van der Waals surface area contributed by atoms with Crippen molar-refractivity contribution >= 4 is 70.9 Å². The van der Waals surface area contributed by atoms with E-state index >= 15 is 0 Å². The number of hydrogen-bond donors (Lipinski definition) is 5. The first-order chi connectivity index (χ1) is 42.1. The van der Waals surface area contributed by atoms with Crippen LogP contribution in [0, 0.1) is 16.7 Å². The van der Waals surface area contributed by atoms with Crippen molar-refractivity contribution in [3.63, 3.8) is 0 Å². The molecule has 3 aromatic rings. The molecule has 7 amide bonds. The number of unbranched alkanes of at least 4 members (excludes halogenated alkanes) is 2. The monoisotopic (exact) mass is 1220 g/mol. The summed E-state index contributed by atoms with van der Waals surface area (Å²) in [7, 11) is 2.87. The summed E-state index contributed by atoms with van der Waals surface area (Å²) in [6, 6.07) is 9.74. The normalized spacial score (nSPS) is 17.1. The number of esters is 2. The largest absolute Gasteiger partial charge is 0.493 e. The van der Waals surface area contributed by atoms with Gasteiger partial charge in [-0.25, -0.2) is 14.4 Å². The first kappa shape index (κ1) is 66.5. The SMILES string of the molecule is C=CCOC(=O)Nc1cc(OCCCCCOc2cc(NC(=O)OCc3ccc(NC(=O)C(C)NC(=O)C(NC(=O)OCC=C)C(C)C)cc3)c(C(=O)N3CC4(CC4)C[C@H]3COC(C)=O)cc2OC)c(OC)cc1C(=O)N1CC2(CC2)C[C@H]1COC(C)=O. The smallest absolute Gasteiger partial charge is 0.411 e. The van der Waals surface area contributed by atoms with Gasteiger partial charge in [0.1, 0.15) is 45.1 Å². The molecule has 25 heteroatoms. The van der Waals surface area contributed by atoms with E-state index in [-0.39, 0.29) is 120 Å². The van der Waals surface area contributed by atoms with Gasteiger partial charge in [-0.15, -0.1) is 0 Å². The standard InChI is InChI=1S/C63H81N7O18/c1-10-23-84-59(77)66-48-29-52(50(80-8)27-46(48)57(75)69-36-62(19-20-62)31-44(69)34-86-40(6)71)82-25-13-12-14-26-83-53-30-49(47(28-51(53)81-9)58(76)70-37-63(21-22-63)32-45(70)35-87-41(7)72)67-60(78)88-33-42-15-17-43(18-16-42)65-55(73)39(5)64-56(74)54(38(3)4)68-61(79)85-24-11-2/h10-11,15-18,27-30,38-39,44-45,54H,1-2,12-14,19-26,31-37H2,3-9H3,(H,64,74)(H,65,73)(H,66,77)(H,67,78)(H,68,79)/t39?,44-,45-,54?/m0/s1. The van der Waals surface area contributed by atoms with Gasteiger partial charge in [0.05, 0.1) is 62.0 Å². The lowest BCUT2D eigenvalue weighted by atomic mass is 10.0. The van der Waals surface area contributed by atoms with E-state index in [0.717, 1.165) is 25.7 Å². The molecule has 2 heterocycles. The number of anilines is 3. The number of amides is 7. The molecule has 0 aromatic heterocycles. The zero-order valence-electron chi connectivity index (χ0n) is 51.0. The fraction of sp³-hybridized carbons (Fsp3) is 0.508. The van der Waals surface area contributed by atoms with Gasteiger partial charge in [0.15, 0.2) is 23.0 Å². The predicted octanol–water partition coefficient (Wildman–Crippen LogP) is 8.31. The average Bonchev–Trinajstić information content (AvgIpc) is 1.83. The fourth-order valence-corrected chi connectivity index (χ4v) is 10.6. The third kappa shape index (κ3) is 18.3. The summed E-state index contributed by atoms with van der Waals surface area (Å²) < 4.78 is 50.4. The molecule has 0 bridgehead atoms. The van der Waals surface area contributed by atoms with Gasteiger partial charge in [-0.05, 0) is 111 Å². The average molecular weight is 1220 g/mol. The fourth-order valence-electron chi connectivity index (χ4n) is 10.6. The topological polar surface area (TPSA) is 303 Å². The lowest BCUT2D eigenvalue weighted by molar-refractivity contribution is -0.143. The summed E-state index contributed by atoms with van der Waals surface area (Å²) in [5.41, 5.74) is 1.25. The van der Waals surface area contributed by atoms with Crippen LogP contribution in [0.4, 0.5) is 31.4 Å². The molecule has 3 aromatic carbocycles. The van der Waals surface area contributed by atoms with Gasteiger partial charge in [0.25, 0.3) is 11.8 Å². The summed E-state index contributed by atoms with van der Waals surface area (Å²) in [6.45, 7) is 15.7. The molecular formula is C63H81N7O18. The molecular weight excluding hydrogens is 1140 g/mol. The van der Waals surface area contributed by atoms with Crippen LogP contribution in [0.5, 0.6) is 23.0 Å². The lowest BCUT2D eigenvalue weighted by Gasteiger charge is -2.26. The predicted molar refractivity (Wildman–Crippen MR) is 321 cm³/mol. The summed E-state index contributed by atoms with van der Waals surface area (Å²) in [6.07, 6.45) is 7.05. The number of alkyl carbamates (subject to hydrolysis) is 1. The van der Waals surface area contributed by atoms with E-state index in [9.17, 15) is 43.2 Å². The maximum atomic E-state index is 14.6. The second-order valence-electron chi connectivity index (χ2n) is 22.9. The number of ether oxygens (including phenoxy) is 9. The molecule has 2 saturated heterocycles. The number of likely N-dealkylation sites (tertiary alicyclic amines) is 2. The van der Waals surface area contributed by atoms with Gasteiger partial charge in [-0.3, -0.25) is 39.4 Å². The molecule has 4 aliphatic rings. The van der Waals surface area contributed by atoms with Crippen molar-refractivity contribution in [1.82, 2.24) is 20.4 Å². The van der Waals surface area contributed by atoms with Gasteiger partial charge >= 0.3 is 30.2 Å². The molecule has 476 valence electrons. The number of carbonyl (C=O) groups excluding carboxylic acids is 9. The second-order valence-corrected chi connectivity index (χ2v) is 22.9. The Morgan fingerprint density at radius 3 is 1.48 bits per heavy atom. The van der Waals surface area contributed by atoms with Crippen LogP contribution in [-0.2, 0) is 49.5 Å². The van der Waals surface area contributed by atoms with Crippen molar-refractivity contribution in [2.75, 3.05) is 82.9 Å². The highest BCUT2D eigenvalue weighted by molar-refractivity contribution is 6.05. The van der Waals surface area contributed by atoms with Gasteiger partial charge in [-0.1, -0.05) is 51.3 Å². The highest BCUT2D eigenvalue weighted by atomic mass is 16.6. The van der Waals surface area contributed by atoms with Gasteiger partial charge in [-0.2, -0.15) is 0 Å². The van der Waals surface area contributed by atoms with Crippen molar-refractivity contribution in [1.29, 1.82) is 0 Å². The van der Waals surface area contributed by atoms with Crippen molar-refractivity contribution in [3.8, 4) is 23.0 Å². The Labute approximate surface area is 511 Å². The molecule has 2 aliphatic heterocycles. The van der Waals surface area contributed by atoms with E-state index in [2.05, 4.69) is 39.7 Å². The van der Waals surface area contributed by atoms with E-state index in [1.165, 1.54) is 71.4 Å². The minimum atomic E-state index is -0.990. The molecule has 5 N–H and O–H groups in total. The summed E-state index contributed by atoms with van der Waals surface area (Å²) >= 11 is 0. The van der Waals surface area contributed by atoms with E-state index in [4.69, 9.17) is 42.6 Å². The molecule has 25 nitrogen and oxygen atoms in total. The first-order valence-corrected chi connectivity index (χ1v) is 29.4. The molecule has 4 atom stereocenters. The van der Waals surface area contributed by atoms with E-state index in [0.29, 0.717) is 56.4 Å². The Kier molecular flexibility index (Phi) is 23.1. The quantitative estimate of drug-likeness (QED) is 0.0181. The molecule has 2 aliphatic carbocycles. The van der Waals surface area contributed by atoms with E-state index in [1.54, 1.807) is 47.9 Å². The second kappa shape index (κ2) is 30.5. The van der Waals surface area contributed by atoms with E-state index < -0.39 is 66.1 Å². The van der Waals surface area contributed by atoms with Gasteiger partial charge in [0.2, 0.25) is 11.8 Å². The number of carbonyl (C=O) groups is 9. The van der Waals surface area contributed by atoms with Crippen LogP contribution in [0.3, 0.4) is 0 Å². The minimum absolute atomic E-state index is 0.00864. The Bertz CT molecular complexity index is 3070. The van der Waals surface area contributed by atoms with Crippen molar-refractivity contribution in [2.45, 2.75) is 123 Å². The molecule has 4 fully saturated rings. The van der Waals surface area contributed by atoms with E-state index in [1.807, 2.05) is 0 Å². The van der Waals surface area contributed by atoms with Crippen LogP contribution in [0.15, 0.2) is 73.8 Å². The van der Waals surface area contributed by atoms with Gasteiger partial charge < -0.3 is 68.4 Å². The minimum Gasteiger partial charge on any atom is -0.493 e. The molecule has 2 unspecified atom stereocenters. The van der Waals surface area contributed by atoms with Crippen molar-refractivity contribution in [2.24, 2.45) is 16.7 Å². The number of hydrogen-bond acceptors (Lipinski definition) is 18. The Balaban J connectivity index is 0.984. The molecule has 2 spiro atoms. The molecule has 88 heavy (non-hydrogen) atoms. The number of benzene rings is 3. The zero-order valence-corrected chi connectivity index (χ0v) is 51.0. The van der Waals surface area contributed by atoms with Crippen LogP contribution >= 0.6 is 0 Å². The van der Waals surface area contributed by atoms with Crippen LogP contribution in [-0.4, -0.2) is 155 Å². The zero-order chi connectivity index (χ0) is 63.7. The Morgan fingerprint density at radius 1 is 0.580 bits per heavy atom. The third-order valence-electron chi connectivity index (χ3n) is 15.7. The number of rotatable bonds is 30. The Hall–Kier alpha value is -9.03. The molecule has 0 radical (unpaired) electrons. The number of methoxy groups -OCH3 is 2. The highest BCUT2D eigenvalue weighted by Crippen LogP contribution is 2.56. The van der Waals surface area contributed by atoms with Crippen LogP contribution in [0.1, 0.15) is 119 Å². The summed E-state index contributed by atoms with van der Waals surface area (Å²) in [5.74, 6) is -2.21. The summed E-state index contributed by atoms with van der Waals surface area (Å²) in [5, 5.41) is 13.3. The number of nitrogens with zero attached hydrogens (tertiary/aromatic N) is 2. The summed E-state index contributed by atoms with van der Waals surface area (Å²) in [4.78, 5) is 121. The number of nitrogens with one attached hydrogen (secondary N) is 5. The molecule has 2 saturated carbocycles.